The molecule has 0 aliphatic rings. The van der Waals surface area contributed by atoms with Gasteiger partial charge in [0.05, 0.1) is 18.8 Å². The minimum Gasteiger partial charge on any atom is -0.444 e. The van der Waals surface area contributed by atoms with Crippen LogP contribution >= 0.6 is 0 Å². The van der Waals surface area contributed by atoms with Crippen LogP contribution in [0.2, 0.25) is 0 Å². The van der Waals surface area contributed by atoms with Gasteiger partial charge in [-0.05, 0) is 12.1 Å². The third-order valence-corrected chi connectivity index (χ3v) is 3.43. The van der Waals surface area contributed by atoms with Gasteiger partial charge in [-0.15, -0.1) is 0 Å². The van der Waals surface area contributed by atoms with E-state index in [0.717, 1.165) is 0 Å². The van der Waals surface area contributed by atoms with Crippen LogP contribution in [0.15, 0.2) is 41.4 Å². The van der Waals surface area contributed by atoms with E-state index in [1.54, 1.807) is 31.6 Å². The predicted octanol–water partition coefficient (Wildman–Crippen LogP) is 0.931. The number of ether oxygens (including phenoxy) is 1. The molecule has 0 aromatic carbocycles. The van der Waals surface area contributed by atoms with Crippen LogP contribution in [-0.2, 0) is 11.3 Å². The van der Waals surface area contributed by atoms with E-state index in [4.69, 9.17) is 14.9 Å². The SMILES string of the molecule is COCCn1cc(NC(=O)c2coc(-c3ccncc3)n2)c(C(N)=O)n1. The molecule has 3 rings (SSSR count). The molecule has 0 saturated carbocycles. The largest absolute Gasteiger partial charge is 0.444 e. The van der Waals surface area contributed by atoms with Gasteiger partial charge in [0.2, 0.25) is 5.89 Å². The Morgan fingerprint density at radius 2 is 2.12 bits per heavy atom. The molecule has 10 nitrogen and oxygen atoms in total. The fraction of sp³-hybridized carbons (Fsp3) is 0.188. The number of oxazole rings is 1. The summed E-state index contributed by atoms with van der Waals surface area (Å²) in [6.45, 7) is 0.800. The monoisotopic (exact) mass is 356 g/mol. The van der Waals surface area contributed by atoms with E-state index in [0.29, 0.717) is 18.7 Å². The Morgan fingerprint density at radius 1 is 1.35 bits per heavy atom. The van der Waals surface area contributed by atoms with E-state index < -0.39 is 11.8 Å². The summed E-state index contributed by atoms with van der Waals surface area (Å²) < 4.78 is 11.7. The number of nitrogens with zero attached hydrogens (tertiary/aromatic N) is 4. The number of pyridine rings is 1. The molecule has 3 aromatic rings. The van der Waals surface area contributed by atoms with Crippen LogP contribution in [0, 0.1) is 0 Å². The molecule has 3 aromatic heterocycles. The maximum Gasteiger partial charge on any atom is 0.277 e. The smallest absolute Gasteiger partial charge is 0.277 e. The normalized spacial score (nSPS) is 10.7. The van der Waals surface area contributed by atoms with Gasteiger partial charge in [0.15, 0.2) is 11.4 Å². The Balaban J connectivity index is 1.78. The number of primary amides is 1. The Morgan fingerprint density at radius 3 is 2.81 bits per heavy atom. The molecule has 10 heteroatoms. The third-order valence-electron chi connectivity index (χ3n) is 3.43. The molecule has 0 aliphatic heterocycles. The first-order chi connectivity index (χ1) is 12.6. The third kappa shape index (κ3) is 3.75. The average molecular weight is 356 g/mol. The van der Waals surface area contributed by atoms with Gasteiger partial charge < -0.3 is 20.2 Å². The molecule has 0 aliphatic carbocycles. The van der Waals surface area contributed by atoms with Crippen LogP contribution in [0.25, 0.3) is 11.5 Å². The lowest BCUT2D eigenvalue weighted by molar-refractivity contribution is 0.0995. The highest BCUT2D eigenvalue weighted by Gasteiger charge is 2.19. The number of hydrogen-bond acceptors (Lipinski definition) is 7. The van der Waals surface area contributed by atoms with E-state index in [9.17, 15) is 9.59 Å². The summed E-state index contributed by atoms with van der Waals surface area (Å²) in [7, 11) is 1.55. The van der Waals surface area contributed by atoms with Crippen LogP contribution < -0.4 is 11.1 Å². The molecule has 0 saturated heterocycles. The highest BCUT2D eigenvalue weighted by atomic mass is 16.5. The standard InChI is InChI=1S/C16H16N6O4/c1-25-7-6-22-8-11(13(21-22)14(17)23)19-15(24)12-9-26-16(20-12)10-2-4-18-5-3-10/h2-5,8-9H,6-7H2,1H3,(H2,17,23)(H,19,24). The zero-order chi connectivity index (χ0) is 18.5. The fourth-order valence-corrected chi connectivity index (χ4v) is 2.19. The second-order valence-electron chi connectivity index (χ2n) is 5.24. The second-order valence-corrected chi connectivity index (χ2v) is 5.24. The van der Waals surface area contributed by atoms with E-state index in [2.05, 4.69) is 20.4 Å². The Kier molecular flexibility index (Phi) is 5.04. The van der Waals surface area contributed by atoms with Crippen LogP contribution in [0.5, 0.6) is 0 Å². The highest BCUT2D eigenvalue weighted by Crippen LogP contribution is 2.19. The number of rotatable bonds is 7. The molecular formula is C16H16N6O4. The lowest BCUT2D eigenvalue weighted by Gasteiger charge is -2.00. The number of amides is 2. The van der Waals surface area contributed by atoms with Crippen molar-refractivity contribution in [3.8, 4) is 11.5 Å². The van der Waals surface area contributed by atoms with Crippen LogP contribution in [0.1, 0.15) is 21.0 Å². The minimum atomic E-state index is -0.755. The summed E-state index contributed by atoms with van der Waals surface area (Å²) in [5, 5.41) is 6.61. The molecule has 134 valence electrons. The number of hydrogen-bond donors (Lipinski definition) is 2. The Labute approximate surface area is 148 Å². The zero-order valence-electron chi connectivity index (χ0n) is 13.9. The van der Waals surface area contributed by atoms with Gasteiger partial charge in [0.25, 0.3) is 11.8 Å². The maximum absolute atomic E-state index is 12.4. The van der Waals surface area contributed by atoms with E-state index >= 15 is 0 Å². The average Bonchev–Trinajstić information content (AvgIpc) is 3.28. The Hall–Kier alpha value is -3.53. The van der Waals surface area contributed by atoms with E-state index in [1.165, 1.54) is 17.1 Å². The predicted molar refractivity (Wildman–Crippen MR) is 90.3 cm³/mol. The van der Waals surface area contributed by atoms with Crippen molar-refractivity contribution in [3.05, 3.63) is 48.4 Å². The number of anilines is 1. The molecular weight excluding hydrogens is 340 g/mol. The first kappa shape index (κ1) is 17.3. The minimum absolute atomic E-state index is 0.0488. The van der Waals surface area contributed by atoms with E-state index in [-0.39, 0.29) is 23.0 Å². The first-order valence-corrected chi connectivity index (χ1v) is 7.62. The molecule has 3 heterocycles. The van der Waals surface area contributed by atoms with Gasteiger partial charge in [-0.2, -0.15) is 5.10 Å². The number of aromatic nitrogens is 4. The van der Waals surface area contributed by atoms with Crippen molar-refractivity contribution in [2.24, 2.45) is 5.73 Å². The molecule has 0 bridgehead atoms. The molecule has 0 radical (unpaired) electrons. The molecule has 2 amide bonds. The molecule has 0 atom stereocenters. The van der Waals surface area contributed by atoms with Crippen molar-refractivity contribution in [3.63, 3.8) is 0 Å². The van der Waals surface area contributed by atoms with Crippen molar-refractivity contribution >= 4 is 17.5 Å². The molecule has 0 spiro atoms. The number of nitrogens with two attached hydrogens (primary N) is 1. The summed E-state index contributed by atoms with van der Waals surface area (Å²) in [6, 6.07) is 3.41. The topological polar surface area (TPSA) is 138 Å². The summed E-state index contributed by atoms with van der Waals surface area (Å²) >= 11 is 0. The van der Waals surface area contributed by atoms with Crippen molar-refractivity contribution in [1.82, 2.24) is 19.7 Å². The van der Waals surface area contributed by atoms with Gasteiger partial charge in [0, 0.05) is 31.3 Å². The van der Waals surface area contributed by atoms with Crippen molar-refractivity contribution in [2.75, 3.05) is 19.0 Å². The second kappa shape index (κ2) is 7.57. The van der Waals surface area contributed by atoms with Crippen molar-refractivity contribution < 1.29 is 18.7 Å². The summed E-state index contributed by atoms with van der Waals surface area (Å²) in [5.74, 6) is -1.03. The van der Waals surface area contributed by atoms with Crippen molar-refractivity contribution in [2.45, 2.75) is 6.54 Å². The molecule has 26 heavy (non-hydrogen) atoms. The zero-order valence-corrected chi connectivity index (χ0v) is 13.9. The number of methoxy groups -OCH3 is 1. The number of carbonyl (C=O) groups excluding carboxylic acids is 2. The maximum atomic E-state index is 12.4. The van der Waals surface area contributed by atoms with Crippen LogP contribution in [0.3, 0.4) is 0 Å². The van der Waals surface area contributed by atoms with Gasteiger partial charge in [-0.1, -0.05) is 0 Å². The van der Waals surface area contributed by atoms with Gasteiger partial charge in [0.1, 0.15) is 6.26 Å². The lowest BCUT2D eigenvalue weighted by Crippen LogP contribution is -2.18. The summed E-state index contributed by atoms with van der Waals surface area (Å²) in [5.41, 5.74) is 6.19. The fourth-order valence-electron chi connectivity index (χ4n) is 2.19. The number of carbonyl (C=O) groups is 2. The van der Waals surface area contributed by atoms with Crippen molar-refractivity contribution in [1.29, 1.82) is 0 Å². The van der Waals surface area contributed by atoms with Crippen LogP contribution in [0.4, 0.5) is 5.69 Å². The van der Waals surface area contributed by atoms with E-state index in [1.807, 2.05) is 0 Å². The molecule has 0 unspecified atom stereocenters. The van der Waals surface area contributed by atoms with Gasteiger partial charge in [-0.25, -0.2) is 4.98 Å². The molecule has 0 fully saturated rings. The first-order valence-electron chi connectivity index (χ1n) is 7.62. The Bertz CT molecular complexity index is 918. The van der Waals surface area contributed by atoms with Crippen LogP contribution in [-0.4, -0.2) is 45.3 Å². The number of nitrogens with one attached hydrogen (secondary N) is 1. The summed E-state index contributed by atoms with van der Waals surface area (Å²) in [4.78, 5) is 32.0. The summed E-state index contributed by atoms with van der Waals surface area (Å²) in [6.07, 6.45) is 5.91. The molecule has 3 N–H and O–H groups in total. The highest BCUT2D eigenvalue weighted by molar-refractivity contribution is 6.07. The quantitative estimate of drug-likeness (QED) is 0.642. The van der Waals surface area contributed by atoms with Gasteiger partial charge in [-0.3, -0.25) is 19.3 Å². The lowest BCUT2D eigenvalue weighted by atomic mass is 10.3. The van der Waals surface area contributed by atoms with Gasteiger partial charge >= 0.3 is 0 Å².